The first-order valence-electron chi connectivity index (χ1n) is 8.72. The van der Waals surface area contributed by atoms with Crippen molar-refractivity contribution in [3.05, 3.63) is 23.8 Å². The van der Waals surface area contributed by atoms with Crippen LogP contribution in [0.1, 0.15) is 23.2 Å². The molecule has 2 aromatic heterocycles. The van der Waals surface area contributed by atoms with Gasteiger partial charge in [0.2, 0.25) is 11.8 Å². The summed E-state index contributed by atoms with van der Waals surface area (Å²) in [5.74, 6) is 0.771. The zero-order chi connectivity index (χ0) is 18.7. The second kappa shape index (κ2) is 7.69. The van der Waals surface area contributed by atoms with Crippen LogP contribution in [0.2, 0.25) is 0 Å². The monoisotopic (exact) mass is 360 g/mol. The number of aromatic nitrogens is 3. The number of rotatable bonds is 5. The molecule has 3 rings (SSSR count). The summed E-state index contributed by atoms with van der Waals surface area (Å²) in [7, 11) is 1.81. The van der Waals surface area contributed by atoms with E-state index in [0.29, 0.717) is 56.6 Å². The number of nitrogens with one attached hydrogen (secondary N) is 1. The van der Waals surface area contributed by atoms with Crippen LogP contribution in [0.4, 0.5) is 0 Å². The Bertz CT molecular complexity index is 788. The molecule has 9 nitrogen and oxygen atoms in total. The fourth-order valence-corrected chi connectivity index (χ4v) is 2.96. The molecule has 2 aromatic rings. The van der Waals surface area contributed by atoms with E-state index in [1.807, 2.05) is 18.9 Å². The molecule has 26 heavy (non-hydrogen) atoms. The van der Waals surface area contributed by atoms with Crippen LogP contribution in [0.3, 0.4) is 0 Å². The van der Waals surface area contributed by atoms with E-state index in [2.05, 4.69) is 15.4 Å². The summed E-state index contributed by atoms with van der Waals surface area (Å²) < 4.78 is 7.31. The molecule has 1 aliphatic rings. The number of hydrogen-bond acceptors (Lipinski definition) is 6. The summed E-state index contributed by atoms with van der Waals surface area (Å²) in [5.41, 5.74) is 1.07. The molecule has 140 valence electrons. The molecule has 2 amide bonds. The van der Waals surface area contributed by atoms with Gasteiger partial charge in [0.1, 0.15) is 5.76 Å². The van der Waals surface area contributed by atoms with Gasteiger partial charge in [0.05, 0.1) is 18.3 Å². The molecule has 0 aromatic carbocycles. The molecular weight excluding hydrogens is 336 g/mol. The predicted octanol–water partition coefficient (Wildman–Crippen LogP) is 0.277. The third-order valence-corrected chi connectivity index (χ3v) is 4.35. The first kappa shape index (κ1) is 18.1. The van der Waals surface area contributed by atoms with E-state index in [1.54, 1.807) is 28.9 Å². The van der Waals surface area contributed by atoms with Crippen LogP contribution in [0.5, 0.6) is 0 Å². The third-order valence-electron chi connectivity index (χ3n) is 4.35. The largest absolute Gasteiger partial charge is 0.440 e. The fraction of sp³-hybridized carbons (Fsp3) is 0.529. The van der Waals surface area contributed by atoms with Crippen LogP contribution in [-0.2, 0) is 11.8 Å². The Morgan fingerprint density at radius 3 is 2.62 bits per heavy atom. The van der Waals surface area contributed by atoms with Crippen molar-refractivity contribution in [1.29, 1.82) is 0 Å². The van der Waals surface area contributed by atoms with E-state index in [0.717, 1.165) is 5.56 Å². The number of amides is 2. The van der Waals surface area contributed by atoms with Gasteiger partial charge < -0.3 is 14.6 Å². The van der Waals surface area contributed by atoms with Crippen molar-refractivity contribution in [2.45, 2.75) is 13.8 Å². The fourth-order valence-electron chi connectivity index (χ4n) is 2.96. The van der Waals surface area contributed by atoms with Crippen LogP contribution < -0.4 is 5.32 Å². The Balaban J connectivity index is 1.62. The van der Waals surface area contributed by atoms with Crippen molar-refractivity contribution in [3.63, 3.8) is 0 Å². The highest BCUT2D eigenvalue weighted by atomic mass is 16.4. The maximum atomic E-state index is 12.8. The maximum absolute atomic E-state index is 12.8. The Kier molecular flexibility index (Phi) is 5.36. The van der Waals surface area contributed by atoms with Gasteiger partial charge in [0, 0.05) is 46.0 Å². The summed E-state index contributed by atoms with van der Waals surface area (Å²) in [6, 6.07) is 0. The van der Waals surface area contributed by atoms with Gasteiger partial charge in [-0.1, -0.05) is 0 Å². The number of hydrogen-bond donors (Lipinski definition) is 1. The molecule has 0 radical (unpaired) electrons. The molecule has 0 atom stereocenters. The van der Waals surface area contributed by atoms with E-state index in [1.165, 1.54) is 0 Å². The van der Waals surface area contributed by atoms with Gasteiger partial charge in [0.15, 0.2) is 5.69 Å². The number of oxazole rings is 1. The molecule has 0 bridgehead atoms. The van der Waals surface area contributed by atoms with Crippen LogP contribution in [0, 0.1) is 6.92 Å². The number of nitrogens with zero attached hydrogens (tertiary/aromatic N) is 5. The van der Waals surface area contributed by atoms with Crippen LogP contribution in [-0.4, -0.2) is 75.6 Å². The normalized spacial score (nSPS) is 15.3. The van der Waals surface area contributed by atoms with Crippen molar-refractivity contribution in [1.82, 2.24) is 29.9 Å². The number of likely N-dealkylation sites (N-methyl/N-ethyl adjacent to an activating group) is 1. The van der Waals surface area contributed by atoms with Crippen molar-refractivity contribution < 1.29 is 14.0 Å². The smallest absolute Gasteiger partial charge is 0.276 e. The predicted molar refractivity (Wildman–Crippen MR) is 94.5 cm³/mol. The zero-order valence-electron chi connectivity index (χ0n) is 15.4. The molecule has 0 saturated carbocycles. The molecule has 0 unspecified atom stereocenters. The van der Waals surface area contributed by atoms with Gasteiger partial charge in [-0.05, 0) is 13.8 Å². The molecular formula is C17H24N6O3. The summed E-state index contributed by atoms with van der Waals surface area (Å²) >= 11 is 0. The molecule has 1 aliphatic heterocycles. The van der Waals surface area contributed by atoms with Gasteiger partial charge in [-0.15, -0.1) is 0 Å². The van der Waals surface area contributed by atoms with Crippen LogP contribution in [0.25, 0.3) is 11.5 Å². The van der Waals surface area contributed by atoms with E-state index in [9.17, 15) is 9.59 Å². The van der Waals surface area contributed by atoms with E-state index >= 15 is 0 Å². The SMILES string of the molecule is CCNC(=O)CN1CCN(C(=O)c2nc(-c3cnn(C)c3)oc2C)CC1. The minimum Gasteiger partial charge on any atom is -0.440 e. The average Bonchev–Trinajstić information content (AvgIpc) is 3.21. The van der Waals surface area contributed by atoms with Gasteiger partial charge in [-0.25, -0.2) is 4.98 Å². The lowest BCUT2D eigenvalue weighted by molar-refractivity contribution is -0.122. The first-order valence-corrected chi connectivity index (χ1v) is 8.72. The minimum atomic E-state index is -0.140. The minimum absolute atomic E-state index is 0.0146. The zero-order valence-corrected chi connectivity index (χ0v) is 15.4. The Labute approximate surface area is 152 Å². The summed E-state index contributed by atoms with van der Waals surface area (Å²) in [5, 5.41) is 6.88. The number of carbonyl (C=O) groups excluding carboxylic acids is 2. The van der Waals surface area contributed by atoms with Crippen molar-refractivity contribution in [2.24, 2.45) is 7.05 Å². The lowest BCUT2D eigenvalue weighted by Gasteiger charge is -2.33. The quantitative estimate of drug-likeness (QED) is 0.823. The molecule has 1 fully saturated rings. The summed E-state index contributed by atoms with van der Waals surface area (Å²) in [6.07, 6.45) is 3.44. The van der Waals surface area contributed by atoms with Gasteiger partial charge in [-0.2, -0.15) is 5.10 Å². The first-order chi connectivity index (χ1) is 12.5. The second-order valence-corrected chi connectivity index (χ2v) is 6.35. The lowest BCUT2D eigenvalue weighted by atomic mass is 10.2. The van der Waals surface area contributed by atoms with Crippen LogP contribution in [0.15, 0.2) is 16.8 Å². The summed E-state index contributed by atoms with van der Waals surface area (Å²) in [6.45, 7) is 7.08. The Morgan fingerprint density at radius 1 is 1.27 bits per heavy atom. The summed E-state index contributed by atoms with van der Waals surface area (Å²) in [4.78, 5) is 32.6. The number of aryl methyl sites for hydroxylation is 2. The highest BCUT2D eigenvalue weighted by molar-refractivity contribution is 5.93. The van der Waals surface area contributed by atoms with Crippen molar-refractivity contribution in [2.75, 3.05) is 39.3 Å². The molecule has 9 heteroatoms. The highest BCUT2D eigenvalue weighted by Crippen LogP contribution is 2.22. The van der Waals surface area contributed by atoms with Crippen molar-refractivity contribution >= 4 is 11.8 Å². The number of piperazine rings is 1. The molecule has 1 N–H and O–H groups in total. The van der Waals surface area contributed by atoms with E-state index in [4.69, 9.17) is 4.42 Å². The maximum Gasteiger partial charge on any atom is 0.276 e. The molecule has 3 heterocycles. The highest BCUT2D eigenvalue weighted by Gasteiger charge is 2.27. The molecule has 0 spiro atoms. The van der Waals surface area contributed by atoms with Crippen molar-refractivity contribution in [3.8, 4) is 11.5 Å². The van der Waals surface area contributed by atoms with Crippen LogP contribution >= 0.6 is 0 Å². The standard InChI is InChI=1S/C17H24N6O3/c1-4-18-14(24)11-22-5-7-23(8-6-22)17(25)15-12(2)26-16(20-15)13-9-19-21(3)10-13/h9-10H,4-8,11H2,1-3H3,(H,18,24). The lowest BCUT2D eigenvalue weighted by Crippen LogP contribution is -2.51. The van der Waals surface area contributed by atoms with Gasteiger partial charge in [-0.3, -0.25) is 19.2 Å². The van der Waals surface area contributed by atoms with E-state index < -0.39 is 0 Å². The number of carbonyl (C=O) groups is 2. The Morgan fingerprint density at radius 2 is 2.00 bits per heavy atom. The van der Waals surface area contributed by atoms with E-state index in [-0.39, 0.29) is 11.8 Å². The second-order valence-electron chi connectivity index (χ2n) is 6.35. The molecule has 1 saturated heterocycles. The molecule has 0 aliphatic carbocycles. The average molecular weight is 360 g/mol. The topological polar surface area (TPSA) is 96.5 Å². The third kappa shape index (κ3) is 3.93. The Hall–Kier alpha value is -2.68. The van der Waals surface area contributed by atoms with Gasteiger partial charge >= 0.3 is 0 Å². The van der Waals surface area contributed by atoms with Gasteiger partial charge in [0.25, 0.3) is 5.91 Å².